The van der Waals surface area contributed by atoms with Gasteiger partial charge in [0, 0.05) is 11.6 Å². The SMILES string of the molecule is Fc1ccc2nccc(C3CCNCC3(F)F)c2c1.O=C(O)C(F)(F)F. The number of rotatable bonds is 1. The van der Waals surface area contributed by atoms with Crippen molar-refractivity contribution in [1.82, 2.24) is 10.3 Å². The summed E-state index contributed by atoms with van der Waals surface area (Å²) in [5, 5.41) is 10.3. The maximum absolute atomic E-state index is 14.0. The summed E-state index contributed by atoms with van der Waals surface area (Å²) in [6.45, 7) is 0.205. The first kappa shape index (κ1) is 20.0. The number of nitrogens with one attached hydrogen (secondary N) is 1. The normalized spacial score (nSPS) is 19.5. The number of hydrogen-bond acceptors (Lipinski definition) is 3. The molecule has 142 valence electrons. The molecule has 2 aromatic rings. The Balaban J connectivity index is 0.000000298. The second kappa shape index (κ2) is 7.48. The molecule has 0 bridgehead atoms. The second-order valence-corrected chi connectivity index (χ2v) is 5.64. The Hall–Kier alpha value is -2.36. The van der Waals surface area contributed by atoms with Gasteiger partial charge in [-0.2, -0.15) is 13.2 Å². The summed E-state index contributed by atoms with van der Waals surface area (Å²) in [7, 11) is 0. The number of benzene rings is 1. The maximum Gasteiger partial charge on any atom is 0.490 e. The van der Waals surface area contributed by atoms with Gasteiger partial charge in [0.05, 0.1) is 18.0 Å². The number of hydrogen-bond donors (Lipinski definition) is 2. The number of nitrogens with zero attached hydrogens (tertiary/aromatic N) is 1. The standard InChI is InChI=1S/C14H13F3N2.C2HF3O2/c15-9-1-2-13-11(7-9)10(3-6-19-13)12-4-5-18-8-14(12,16)17;3-2(4,5)1(6)7/h1-3,6-7,12,18H,4-5,8H2;(H,6,7). The Morgan fingerprint density at radius 2 is 1.92 bits per heavy atom. The molecule has 4 nitrogen and oxygen atoms in total. The van der Waals surface area contributed by atoms with Gasteiger partial charge < -0.3 is 10.4 Å². The molecule has 2 N–H and O–H groups in total. The van der Waals surface area contributed by atoms with Gasteiger partial charge in [-0.1, -0.05) is 0 Å². The van der Waals surface area contributed by atoms with Crippen LogP contribution in [0.5, 0.6) is 0 Å². The molecule has 26 heavy (non-hydrogen) atoms. The predicted octanol–water partition coefficient (Wildman–Crippen LogP) is 3.72. The molecule has 1 aliphatic heterocycles. The van der Waals surface area contributed by atoms with Crippen LogP contribution < -0.4 is 5.32 Å². The molecule has 0 amide bonds. The van der Waals surface area contributed by atoms with Crippen LogP contribution in [0.1, 0.15) is 17.9 Å². The summed E-state index contributed by atoms with van der Waals surface area (Å²) in [5.74, 6) is -6.90. The summed E-state index contributed by atoms with van der Waals surface area (Å²) in [4.78, 5) is 13.0. The van der Waals surface area contributed by atoms with E-state index in [1.54, 1.807) is 6.07 Å². The quantitative estimate of drug-likeness (QED) is 0.741. The molecular weight excluding hydrogens is 366 g/mol. The van der Waals surface area contributed by atoms with Gasteiger partial charge in [-0.3, -0.25) is 4.98 Å². The van der Waals surface area contributed by atoms with Crippen LogP contribution in [-0.4, -0.2) is 41.2 Å². The zero-order chi connectivity index (χ0) is 19.5. The third kappa shape index (κ3) is 4.63. The molecule has 1 saturated heterocycles. The van der Waals surface area contributed by atoms with Crippen molar-refractivity contribution < 1.29 is 36.2 Å². The van der Waals surface area contributed by atoms with Crippen LogP contribution in [-0.2, 0) is 4.79 Å². The lowest BCUT2D eigenvalue weighted by Crippen LogP contribution is -2.44. The van der Waals surface area contributed by atoms with E-state index in [0.29, 0.717) is 29.4 Å². The van der Waals surface area contributed by atoms with Gasteiger partial charge in [-0.05, 0) is 42.8 Å². The topological polar surface area (TPSA) is 62.2 Å². The van der Waals surface area contributed by atoms with Gasteiger partial charge >= 0.3 is 12.1 Å². The molecule has 0 radical (unpaired) electrons. The number of pyridine rings is 1. The van der Waals surface area contributed by atoms with Crippen molar-refractivity contribution in [1.29, 1.82) is 0 Å². The largest absolute Gasteiger partial charge is 0.490 e. The van der Waals surface area contributed by atoms with Crippen molar-refractivity contribution in [2.45, 2.75) is 24.4 Å². The molecule has 2 heterocycles. The maximum atomic E-state index is 14.0. The van der Waals surface area contributed by atoms with E-state index in [0.717, 1.165) is 0 Å². The van der Waals surface area contributed by atoms with Crippen molar-refractivity contribution in [2.24, 2.45) is 0 Å². The van der Waals surface area contributed by atoms with Gasteiger partial charge in [0.15, 0.2) is 0 Å². The molecule has 0 saturated carbocycles. The van der Waals surface area contributed by atoms with E-state index < -0.39 is 29.8 Å². The highest BCUT2D eigenvalue weighted by Gasteiger charge is 2.43. The average molecular weight is 380 g/mol. The Labute approximate surface area is 143 Å². The molecule has 1 aliphatic rings. The third-order valence-corrected chi connectivity index (χ3v) is 3.84. The third-order valence-electron chi connectivity index (χ3n) is 3.84. The Morgan fingerprint density at radius 3 is 2.50 bits per heavy atom. The smallest absolute Gasteiger partial charge is 0.475 e. The summed E-state index contributed by atoms with van der Waals surface area (Å²) >= 11 is 0. The highest BCUT2D eigenvalue weighted by molar-refractivity contribution is 5.82. The van der Waals surface area contributed by atoms with Crippen molar-refractivity contribution >= 4 is 16.9 Å². The number of piperidine rings is 1. The first-order chi connectivity index (χ1) is 12.0. The van der Waals surface area contributed by atoms with E-state index in [4.69, 9.17) is 9.90 Å². The zero-order valence-corrected chi connectivity index (χ0v) is 13.2. The zero-order valence-electron chi connectivity index (χ0n) is 13.2. The van der Waals surface area contributed by atoms with Crippen LogP contribution in [0.25, 0.3) is 10.9 Å². The van der Waals surface area contributed by atoms with Crippen LogP contribution in [0.15, 0.2) is 30.5 Å². The number of carboxylic acids is 1. The Bertz CT molecular complexity index is 794. The molecule has 0 aliphatic carbocycles. The van der Waals surface area contributed by atoms with E-state index in [1.165, 1.54) is 24.4 Å². The van der Waals surface area contributed by atoms with Crippen LogP contribution in [0.3, 0.4) is 0 Å². The summed E-state index contributed by atoms with van der Waals surface area (Å²) < 4.78 is 73.1. The van der Waals surface area contributed by atoms with Gasteiger partial charge in [0.1, 0.15) is 5.82 Å². The second-order valence-electron chi connectivity index (χ2n) is 5.64. The van der Waals surface area contributed by atoms with E-state index in [1.807, 2.05) is 0 Å². The highest BCUT2D eigenvalue weighted by atomic mass is 19.4. The van der Waals surface area contributed by atoms with Crippen molar-refractivity contribution in [3.8, 4) is 0 Å². The van der Waals surface area contributed by atoms with Gasteiger partial charge in [0.2, 0.25) is 0 Å². The number of carboxylic acid groups (broad SMARTS) is 1. The van der Waals surface area contributed by atoms with Gasteiger partial charge in [0.25, 0.3) is 5.92 Å². The Morgan fingerprint density at radius 1 is 1.27 bits per heavy atom. The average Bonchev–Trinajstić information content (AvgIpc) is 2.54. The lowest BCUT2D eigenvalue weighted by atomic mass is 9.85. The number of halogens is 6. The molecule has 0 spiro atoms. The first-order valence-corrected chi connectivity index (χ1v) is 7.45. The van der Waals surface area contributed by atoms with Crippen molar-refractivity contribution in [3.63, 3.8) is 0 Å². The lowest BCUT2D eigenvalue weighted by Gasteiger charge is -2.32. The number of aromatic nitrogens is 1. The van der Waals surface area contributed by atoms with E-state index >= 15 is 0 Å². The molecular formula is C16H14F6N2O2. The fourth-order valence-corrected chi connectivity index (χ4v) is 2.66. The minimum atomic E-state index is -5.08. The highest BCUT2D eigenvalue weighted by Crippen LogP contribution is 2.40. The predicted molar refractivity (Wildman–Crippen MR) is 80.6 cm³/mol. The van der Waals surface area contributed by atoms with E-state index in [-0.39, 0.29) is 6.54 Å². The molecule has 1 atom stereocenters. The van der Waals surface area contributed by atoms with Gasteiger partial charge in [-0.25, -0.2) is 18.0 Å². The fourth-order valence-electron chi connectivity index (χ4n) is 2.66. The lowest BCUT2D eigenvalue weighted by molar-refractivity contribution is -0.192. The molecule has 1 aromatic heterocycles. The van der Waals surface area contributed by atoms with Gasteiger partial charge in [-0.15, -0.1) is 0 Å². The summed E-state index contributed by atoms with van der Waals surface area (Å²) in [5.41, 5.74) is 1.03. The number of alkyl halides is 5. The van der Waals surface area contributed by atoms with E-state index in [2.05, 4.69) is 10.3 Å². The number of aliphatic carboxylic acids is 1. The molecule has 3 rings (SSSR count). The fraction of sp³-hybridized carbons (Fsp3) is 0.375. The summed E-state index contributed by atoms with van der Waals surface area (Å²) in [6.07, 6.45) is -3.24. The minimum Gasteiger partial charge on any atom is -0.475 e. The monoisotopic (exact) mass is 380 g/mol. The van der Waals surface area contributed by atoms with Crippen LogP contribution in [0, 0.1) is 5.82 Å². The first-order valence-electron chi connectivity index (χ1n) is 7.45. The molecule has 10 heteroatoms. The molecule has 1 aromatic carbocycles. The van der Waals surface area contributed by atoms with Crippen LogP contribution in [0.2, 0.25) is 0 Å². The van der Waals surface area contributed by atoms with Crippen LogP contribution >= 0.6 is 0 Å². The minimum absolute atomic E-state index is 0.336. The number of fused-ring (bicyclic) bond motifs is 1. The molecule has 1 unspecified atom stereocenters. The Kier molecular flexibility index (Phi) is 5.74. The van der Waals surface area contributed by atoms with Crippen LogP contribution in [0.4, 0.5) is 26.3 Å². The van der Waals surface area contributed by atoms with Crippen molar-refractivity contribution in [2.75, 3.05) is 13.1 Å². The summed E-state index contributed by atoms with van der Waals surface area (Å²) in [6, 6.07) is 5.68. The van der Waals surface area contributed by atoms with Crippen molar-refractivity contribution in [3.05, 3.63) is 41.8 Å². The number of carbonyl (C=O) groups is 1. The molecule has 1 fully saturated rings. The van der Waals surface area contributed by atoms with E-state index in [9.17, 15) is 26.3 Å².